The molecule has 0 aromatic carbocycles. The Hall–Kier alpha value is -0.130. The Morgan fingerprint density at radius 2 is 2.08 bits per heavy atom. The molecule has 13 heavy (non-hydrogen) atoms. The molecule has 1 aromatic rings. The van der Waals surface area contributed by atoms with Gasteiger partial charge >= 0.3 is 0 Å². The van der Waals surface area contributed by atoms with Crippen LogP contribution in [0, 0.1) is 0 Å². The van der Waals surface area contributed by atoms with Crippen LogP contribution >= 0.6 is 27.5 Å². The highest BCUT2D eigenvalue weighted by Gasteiger charge is 2.18. The highest BCUT2D eigenvalue weighted by atomic mass is 79.9. The van der Waals surface area contributed by atoms with Crippen LogP contribution in [0.4, 0.5) is 0 Å². The molecule has 2 rings (SSSR count). The van der Waals surface area contributed by atoms with Gasteiger partial charge in [-0.2, -0.15) is 4.80 Å². The second-order valence-corrected chi connectivity index (χ2v) is 4.05. The zero-order chi connectivity index (χ0) is 9.26. The molecule has 1 aliphatic heterocycles. The summed E-state index contributed by atoms with van der Waals surface area (Å²) in [6.07, 6.45) is 1.91. The van der Waals surface area contributed by atoms with Crippen LogP contribution in [-0.4, -0.2) is 28.2 Å². The van der Waals surface area contributed by atoms with Crippen LogP contribution in [0.5, 0.6) is 0 Å². The van der Waals surface area contributed by atoms with Crippen molar-refractivity contribution in [2.45, 2.75) is 18.9 Å². The minimum atomic E-state index is 0.331. The van der Waals surface area contributed by atoms with Crippen molar-refractivity contribution in [3.05, 3.63) is 9.76 Å². The van der Waals surface area contributed by atoms with Crippen molar-refractivity contribution < 1.29 is 4.74 Å². The van der Waals surface area contributed by atoms with E-state index < -0.39 is 0 Å². The maximum Gasteiger partial charge on any atom is 0.185 e. The highest BCUT2D eigenvalue weighted by molar-refractivity contribution is 9.10. The van der Waals surface area contributed by atoms with Gasteiger partial charge in [0.05, 0.1) is 6.04 Å². The lowest BCUT2D eigenvalue weighted by Crippen LogP contribution is -2.21. The van der Waals surface area contributed by atoms with E-state index in [9.17, 15) is 0 Å². The van der Waals surface area contributed by atoms with Crippen LogP contribution < -0.4 is 0 Å². The van der Waals surface area contributed by atoms with Crippen LogP contribution in [0.2, 0.25) is 5.15 Å². The van der Waals surface area contributed by atoms with Gasteiger partial charge in [-0.25, -0.2) is 0 Å². The fourth-order valence-corrected chi connectivity index (χ4v) is 1.72. The Bertz CT molecular complexity index is 278. The normalized spacial score (nSPS) is 19.2. The number of nitrogens with zero attached hydrogens (tertiary/aromatic N) is 3. The van der Waals surface area contributed by atoms with E-state index in [0.717, 1.165) is 26.1 Å². The summed E-state index contributed by atoms with van der Waals surface area (Å²) in [6.45, 7) is 1.56. The highest BCUT2D eigenvalue weighted by Crippen LogP contribution is 2.23. The Kier molecular flexibility index (Phi) is 2.86. The Morgan fingerprint density at radius 3 is 2.62 bits per heavy atom. The zero-order valence-corrected chi connectivity index (χ0v) is 9.25. The average Bonchev–Trinajstić information content (AvgIpc) is 2.49. The van der Waals surface area contributed by atoms with Crippen molar-refractivity contribution in [1.82, 2.24) is 15.0 Å². The average molecular weight is 267 g/mol. The third-order valence-corrected chi connectivity index (χ3v) is 3.09. The molecule has 0 aliphatic carbocycles. The Labute approximate surface area is 89.3 Å². The molecule has 0 amide bonds. The van der Waals surface area contributed by atoms with Crippen molar-refractivity contribution in [1.29, 1.82) is 0 Å². The quantitative estimate of drug-likeness (QED) is 0.781. The number of aromatic nitrogens is 3. The van der Waals surface area contributed by atoms with Gasteiger partial charge in [0.2, 0.25) is 0 Å². The van der Waals surface area contributed by atoms with Gasteiger partial charge in [0, 0.05) is 13.2 Å². The fourth-order valence-electron chi connectivity index (χ4n) is 1.36. The SMILES string of the molecule is Clc1nn(C2CCOCC2)nc1Br. The smallest absolute Gasteiger partial charge is 0.185 e. The first-order valence-electron chi connectivity index (χ1n) is 4.13. The molecule has 72 valence electrons. The molecule has 0 radical (unpaired) electrons. The minimum Gasteiger partial charge on any atom is -0.381 e. The van der Waals surface area contributed by atoms with E-state index in [4.69, 9.17) is 16.3 Å². The fraction of sp³-hybridized carbons (Fsp3) is 0.714. The Morgan fingerprint density at radius 1 is 1.38 bits per heavy atom. The van der Waals surface area contributed by atoms with E-state index in [1.165, 1.54) is 0 Å². The van der Waals surface area contributed by atoms with Gasteiger partial charge in [0.1, 0.15) is 0 Å². The molecule has 1 aromatic heterocycles. The second-order valence-electron chi connectivity index (χ2n) is 2.95. The molecule has 1 aliphatic rings. The van der Waals surface area contributed by atoms with E-state index >= 15 is 0 Å². The molecular weight excluding hydrogens is 257 g/mol. The summed E-state index contributed by atoms with van der Waals surface area (Å²) < 4.78 is 5.86. The van der Waals surface area contributed by atoms with E-state index in [0.29, 0.717) is 15.8 Å². The lowest BCUT2D eigenvalue weighted by atomic mass is 10.1. The molecule has 1 fully saturated rings. The summed E-state index contributed by atoms with van der Waals surface area (Å²) in [7, 11) is 0. The lowest BCUT2D eigenvalue weighted by molar-refractivity contribution is 0.0620. The number of hydrogen-bond acceptors (Lipinski definition) is 3. The number of rotatable bonds is 1. The molecule has 0 unspecified atom stereocenters. The van der Waals surface area contributed by atoms with E-state index in [1.54, 1.807) is 4.80 Å². The van der Waals surface area contributed by atoms with Gasteiger partial charge in [-0.3, -0.25) is 0 Å². The maximum absolute atomic E-state index is 5.78. The lowest BCUT2D eigenvalue weighted by Gasteiger charge is -2.20. The van der Waals surface area contributed by atoms with E-state index in [1.807, 2.05) is 0 Å². The second kappa shape index (κ2) is 3.94. The van der Waals surface area contributed by atoms with Gasteiger partial charge in [-0.15, -0.1) is 10.2 Å². The maximum atomic E-state index is 5.78. The van der Waals surface area contributed by atoms with E-state index in [-0.39, 0.29) is 0 Å². The summed E-state index contributed by atoms with van der Waals surface area (Å²) in [6, 6.07) is 0.331. The Balaban J connectivity index is 2.14. The summed E-state index contributed by atoms with van der Waals surface area (Å²) in [5, 5.41) is 8.69. The molecular formula is C7H9BrClN3O. The summed E-state index contributed by atoms with van der Waals surface area (Å²) in [5.41, 5.74) is 0. The van der Waals surface area contributed by atoms with Gasteiger partial charge < -0.3 is 4.74 Å². The van der Waals surface area contributed by atoms with Crippen LogP contribution in [-0.2, 0) is 4.74 Å². The van der Waals surface area contributed by atoms with Crippen molar-refractivity contribution >= 4 is 27.5 Å². The molecule has 2 heterocycles. The first-order chi connectivity index (χ1) is 6.27. The van der Waals surface area contributed by atoms with Gasteiger partial charge in [0.25, 0.3) is 0 Å². The molecule has 6 heteroatoms. The van der Waals surface area contributed by atoms with Gasteiger partial charge in [0.15, 0.2) is 9.76 Å². The van der Waals surface area contributed by atoms with Crippen molar-refractivity contribution in [2.75, 3.05) is 13.2 Å². The topological polar surface area (TPSA) is 39.9 Å². The zero-order valence-electron chi connectivity index (χ0n) is 6.91. The van der Waals surface area contributed by atoms with Crippen molar-refractivity contribution in [3.8, 4) is 0 Å². The summed E-state index contributed by atoms with van der Waals surface area (Å²) >= 11 is 9.00. The third kappa shape index (κ3) is 2.03. The van der Waals surface area contributed by atoms with Gasteiger partial charge in [-0.05, 0) is 28.8 Å². The van der Waals surface area contributed by atoms with Crippen LogP contribution in [0.25, 0.3) is 0 Å². The molecule has 1 saturated heterocycles. The predicted molar refractivity (Wildman–Crippen MR) is 51.8 cm³/mol. The molecule has 4 nitrogen and oxygen atoms in total. The number of halogens is 2. The monoisotopic (exact) mass is 265 g/mol. The van der Waals surface area contributed by atoms with Gasteiger partial charge in [-0.1, -0.05) is 11.6 Å². The van der Waals surface area contributed by atoms with Crippen LogP contribution in [0.3, 0.4) is 0 Å². The molecule has 0 spiro atoms. The summed E-state index contributed by atoms with van der Waals surface area (Å²) in [5.74, 6) is 0. The summed E-state index contributed by atoms with van der Waals surface area (Å²) in [4.78, 5) is 1.68. The third-order valence-electron chi connectivity index (χ3n) is 2.07. The first kappa shape index (κ1) is 9.43. The van der Waals surface area contributed by atoms with Crippen LogP contribution in [0.1, 0.15) is 18.9 Å². The van der Waals surface area contributed by atoms with E-state index in [2.05, 4.69) is 26.1 Å². The molecule has 0 N–H and O–H groups in total. The van der Waals surface area contributed by atoms with Crippen molar-refractivity contribution in [2.24, 2.45) is 0 Å². The molecule has 0 bridgehead atoms. The van der Waals surface area contributed by atoms with Crippen molar-refractivity contribution in [3.63, 3.8) is 0 Å². The standard InChI is InChI=1S/C7H9BrClN3O/c8-6-7(9)11-12(10-6)5-1-3-13-4-2-5/h5H,1-4H2. The predicted octanol–water partition coefficient (Wildman–Crippen LogP) is 2.05. The number of hydrogen-bond donors (Lipinski definition) is 0. The molecule has 0 atom stereocenters. The minimum absolute atomic E-state index is 0.331. The van der Waals surface area contributed by atoms with Crippen LogP contribution in [0.15, 0.2) is 4.60 Å². The largest absolute Gasteiger partial charge is 0.381 e. The first-order valence-corrected chi connectivity index (χ1v) is 5.30. The number of ether oxygens (including phenoxy) is 1. The molecule has 0 saturated carbocycles.